The average molecular weight is 343 g/mol. The Bertz CT molecular complexity index is 378. The van der Waals surface area contributed by atoms with Gasteiger partial charge in [-0.15, -0.1) is 0 Å². The molecule has 0 unspecified atom stereocenters. The Morgan fingerprint density at radius 3 is 1.87 bits per heavy atom. The summed E-state index contributed by atoms with van der Waals surface area (Å²) < 4.78 is 4.99. The number of esters is 1. The third-order valence-corrected chi connectivity index (χ3v) is 12.8. The maximum Gasteiger partial charge on any atom is 0.331 e. The van der Waals surface area contributed by atoms with Crippen molar-refractivity contribution < 1.29 is 19.4 Å². The lowest BCUT2D eigenvalue weighted by atomic mass is 10.3. The maximum atomic E-state index is 11.2. The highest BCUT2D eigenvalue weighted by Gasteiger charge is 2.41. The Morgan fingerprint density at radius 1 is 0.913 bits per heavy atom. The van der Waals surface area contributed by atoms with Crippen LogP contribution in [0.1, 0.15) is 60.8 Å². The van der Waals surface area contributed by atoms with Crippen molar-refractivity contribution in [3.8, 4) is 0 Å². The van der Waals surface area contributed by atoms with E-state index in [-0.39, 0.29) is 0 Å². The Morgan fingerprint density at radius 2 is 1.43 bits per heavy atom. The highest BCUT2D eigenvalue weighted by molar-refractivity contribution is 6.83. The molecule has 4 nitrogen and oxygen atoms in total. The predicted molar refractivity (Wildman–Crippen MR) is 97.4 cm³/mol. The zero-order valence-corrected chi connectivity index (χ0v) is 16.6. The van der Waals surface area contributed by atoms with E-state index in [1.165, 1.54) is 12.5 Å². The molecule has 0 bridgehead atoms. The molecule has 5 heteroatoms. The normalized spacial score (nSPS) is 12.6. The predicted octanol–water partition coefficient (Wildman–Crippen LogP) is 5.02. The van der Waals surface area contributed by atoms with Crippen molar-refractivity contribution in [3.63, 3.8) is 0 Å². The minimum Gasteiger partial charge on any atom is -0.478 e. The lowest BCUT2D eigenvalue weighted by molar-refractivity contribution is -0.138. The third-order valence-electron chi connectivity index (χ3n) is 5.09. The van der Waals surface area contributed by atoms with Crippen LogP contribution in [0.25, 0.3) is 0 Å². The monoisotopic (exact) mass is 342 g/mol. The van der Waals surface area contributed by atoms with Gasteiger partial charge in [-0.1, -0.05) is 77.1 Å². The number of rotatable bonds is 11. The molecule has 0 aliphatic rings. The zero-order valence-electron chi connectivity index (χ0n) is 15.6. The topological polar surface area (TPSA) is 63.6 Å². The highest BCUT2D eigenvalue weighted by Crippen LogP contribution is 2.45. The lowest BCUT2D eigenvalue weighted by Crippen LogP contribution is -2.44. The fourth-order valence-electron chi connectivity index (χ4n) is 3.94. The summed E-state index contributed by atoms with van der Waals surface area (Å²) in [5.74, 6) is -1.72. The maximum absolute atomic E-state index is 11.2. The molecule has 23 heavy (non-hydrogen) atoms. The van der Waals surface area contributed by atoms with Gasteiger partial charge < -0.3 is 9.84 Å². The number of carboxylic acid groups (broad SMARTS) is 1. The van der Waals surface area contributed by atoms with Crippen LogP contribution in [0.15, 0.2) is 12.2 Å². The second kappa shape index (κ2) is 10.6. The van der Waals surface area contributed by atoms with E-state index < -0.39 is 20.0 Å². The molecular weight excluding hydrogens is 308 g/mol. The molecular formula is C18H34O4Si. The molecule has 0 rings (SSSR count). The van der Waals surface area contributed by atoms with Gasteiger partial charge in [0, 0.05) is 12.2 Å². The van der Waals surface area contributed by atoms with Crippen LogP contribution < -0.4 is 0 Å². The molecule has 0 heterocycles. The second-order valence-corrected chi connectivity index (χ2v) is 13.4. The Hall–Kier alpha value is -1.10. The van der Waals surface area contributed by atoms with Crippen LogP contribution in [0, 0.1) is 0 Å². The van der Waals surface area contributed by atoms with E-state index >= 15 is 0 Å². The minimum atomic E-state index is -1.32. The second-order valence-electron chi connectivity index (χ2n) is 7.23. The van der Waals surface area contributed by atoms with Gasteiger partial charge in [0.15, 0.2) is 0 Å². The van der Waals surface area contributed by atoms with Crippen molar-refractivity contribution in [2.75, 3.05) is 6.61 Å². The molecule has 0 radical (unpaired) electrons. The molecule has 0 aromatic heterocycles. The van der Waals surface area contributed by atoms with Crippen molar-refractivity contribution in [2.24, 2.45) is 0 Å². The van der Waals surface area contributed by atoms with Crippen LogP contribution in [0.3, 0.4) is 0 Å². The summed E-state index contributed by atoms with van der Waals surface area (Å²) in [7, 11) is -1.32. The first-order valence-electron chi connectivity index (χ1n) is 8.72. The fourth-order valence-corrected chi connectivity index (χ4v) is 10.5. The van der Waals surface area contributed by atoms with Gasteiger partial charge in [-0.05, 0) is 6.42 Å². The molecule has 0 atom stereocenters. The van der Waals surface area contributed by atoms with E-state index in [1.54, 1.807) is 0 Å². The van der Waals surface area contributed by atoms with Crippen LogP contribution in [0.2, 0.25) is 22.7 Å². The Balaban J connectivity index is 4.19. The summed E-state index contributed by atoms with van der Waals surface area (Å²) >= 11 is 0. The van der Waals surface area contributed by atoms with Gasteiger partial charge in [0.1, 0.15) is 0 Å². The van der Waals surface area contributed by atoms with Gasteiger partial charge in [-0.3, -0.25) is 0 Å². The summed E-state index contributed by atoms with van der Waals surface area (Å²) in [6, 6.07) is 1.33. The number of aliphatic carboxylic acids is 1. The van der Waals surface area contributed by atoms with Crippen molar-refractivity contribution in [3.05, 3.63) is 12.2 Å². The fraction of sp³-hybridized carbons (Fsp3) is 0.778. The van der Waals surface area contributed by atoms with E-state index in [2.05, 4.69) is 41.5 Å². The largest absolute Gasteiger partial charge is 0.478 e. The standard InChI is InChI=1S/C18H34O4Si/c1-14(2)23(15(3)4,16(5)6)13-9-7-8-12-22-18(21)11-10-17(19)20/h10-11,14-16H,7-9,12-13H2,1-6H3,(H,19,20). The van der Waals surface area contributed by atoms with Gasteiger partial charge in [0.2, 0.25) is 0 Å². The zero-order chi connectivity index (χ0) is 18.0. The molecule has 0 aromatic carbocycles. The van der Waals surface area contributed by atoms with Crippen LogP contribution >= 0.6 is 0 Å². The molecule has 0 fully saturated rings. The third kappa shape index (κ3) is 7.33. The van der Waals surface area contributed by atoms with Gasteiger partial charge in [0.25, 0.3) is 0 Å². The number of ether oxygens (including phenoxy) is 1. The SMILES string of the molecule is CC(C)[Si](CCCCCOC(=O)C=CC(=O)O)(C(C)C)C(C)C. The molecule has 134 valence electrons. The van der Waals surface area contributed by atoms with Crippen LogP contribution in [0.4, 0.5) is 0 Å². The van der Waals surface area contributed by atoms with Gasteiger partial charge in [-0.25, -0.2) is 9.59 Å². The number of carbonyl (C=O) groups excluding carboxylic acids is 1. The van der Waals surface area contributed by atoms with Crippen LogP contribution in [-0.4, -0.2) is 31.7 Å². The van der Waals surface area contributed by atoms with Crippen molar-refractivity contribution >= 4 is 20.0 Å². The minimum absolute atomic E-state index is 0.363. The number of carbonyl (C=O) groups is 2. The molecule has 0 aromatic rings. The van der Waals surface area contributed by atoms with E-state index in [9.17, 15) is 9.59 Å². The van der Waals surface area contributed by atoms with Crippen LogP contribution in [0.5, 0.6) is 0 Å². The molecule has 0 spiro atoms. The van der Waals surface area contributed by atoms with Gasteiger partial charge >= 0.3 is 11.9 Å². The summed E-state index contributed by atoms with van der Waals surface area (Å²) in [5, 5.41) is 8.42. The first-order valence-corrected chi connectivity index (χ1v) is 11.2. The number of hydrogen-bond acceptors (Lipinski definition) is 3. The van der Waals surface area contributed by atoms with Crippen LogP contribution in [-0.2, 0) is 14.3 Å². The van der Waals surface area contributed by atoms with Crippen molar-refractivity contribution in [1.29, 1.82) is 0 Å². The van der Waals surface area contributed by atoms with E-state index in [1.807, 2.05) is 0 Å². The molecule has 1 N–H and O–H groups in total. The molecule has 0 amide bonds. The van der Waals surface area contributed by atoms with Crippen molar-refractivity contribution in [1.82, 2.24) is 0 Å². The van der Waals surface area contributed by atoms with Gasteiger partial charge in [0.05, 0.1) is 14.7 Å². The number of hydrogen-bond donors (Lipinski definition) is 1. The Kier molecular flexibility index (Phi) is 10.1. The van der Waals surface area contributed by atoms with Gasteiger partial charge in [-0.2, -0.15) is 0 Å². The summed E-state index contributed by atoms with van der Waals surface area (Å²) in [6.07, 6.45) is 4.83. The van der Waals surface area contributed by atoms with E-state index in [0.717, 1.165) is 41.6 Å². The van der Waals surface area contributed by atoms with Crippen molar-refractivity contribution in [2.45, 2.75) is 83.5 Å². The highest BCUT2D eigenvalue weighted by atomic mass is 28.3. The first kappa shape index (κ1) is 21.9. The summed E-state index contributed by atoms with van der Waals surface area (Å²) in [5.41, 5.74) is 2.34. The van der Waals surface area contributed by atoms with E-state index in [4.69, 9.17) is 9.84 Å². The average Bonchev–Trinajstić information content (AvgIpc) is 2.43. The Labute approximate surface area is 142 Å². The summed E-state index contributed by atoms with van der Waals surface area (Å²) in [4.78, 5) is 21.5. The molecule has 0 saturated carbocycles. The summed E-state index contributed by atoms with van der Waals surface area (Å²) in [6.45, 7) is 14.6. The molecule has 0 aliphatic carbocycles. The first-order chi connectivity index (χ1) is 10.6. The number of carboxylic acids is 1. The van der Waals surface area contributed by atoms with E-state index in [0.29, 0.717) is 6.61 Å². The number of unbranched alkanes of at least 4 members (excludes halogenated alkanes) is 2. The quantitative estimate of drug-likeness (QED) is 0.248. The lowest BCUT2D eigenvalue weighted by Gasteiger charge is -2.43. The smallest absolute Gasteiger partial charge is 0.331 e. The molecule has 0 aliphatic heterocycles. The molecule has 0 saturated heterocycles.